The molecule has 0 aliphatic rings. The normalized spacial score (nSPS) is 13.9. The number of hydrogen-bond acceptors (Lipinski definition) is 6. The molecule has 3 atom stereocenters. The standard InChI is InChI=1S/C78H149N2O6P/c1-6-8-10-12-14-16-18-20-22-24-26-28-30-32-34-36-38-39-40-41-42-44-46-48-50-52-54-56-58-60-62-64-66-68-70-72-78(82)79-76(75-86-87(83,84)85-74-73-80(3,4)5)77(81)71-69-67-65-63-61-59-57-55-53-51-49-47-45-43-37-35-33-31-29-27-25-23-21-19-17-15-13-11-9-7-2/h8,10,14,16,20,22,26,28,32,34,76-77,81H,6-7,9,11-13,15,17-19,21,23-25,27,29-31,33,35-75H2,1-5H3,(H-,79,82,83,84)/b10-8-,16-14-,22-20-,28-26-,34-32-. The first kappa shape index (κ1) is 85.2. The molecule has 3 unspecified atom stereocenters. The number of nitrogens with one attached hydrogen (secondary N) is 1. The minimum atomic E-state index is -4.58. The SMILES string of the molecule is CC/C=C\C/C=C\C/C=C\C/C=C\C/C=C\CCCCCCCCCCCCCCCCCCCCCC(=O)NC(COP(=O)([O-])OCC[N+](C)(C)C)C(O)CCCCCCCCCCCCCCCCCCCCCCCCCCCCCCCC. The van der Waals surface area contributed by atoms with E-state index in [9.17, 15) is 19.4 Å². The van der Waals surface area contributed by atoms with Gasteiger partial charge in [0, 0.05) is 6.42 Å². The molecule has 0 saturated carbocycles. The lowest BCUT2D eigenvalue weighted by molar-refractivity contribution is -0.870. The summed E-state index contributed by atoms with van der Waals surface area (Å²) in [5, 5.41) is 14.1. The fraction of sp³-hybridized carbons (Fsp3) is 0.859. The number of nitrogens with zero attached hydrogens (tertiary/aromatic N) is 1. The van der Waals surface area contributed by atoms with Crippen LogP contribution in [0.2, 0.25) is 0 Å². The van der Waals surface area contributed by atoms with E-state index in [0.717, 1.165) is 70.6 Å². The van der Waals surface area contributed by atoms with Crippen LogP contribution < -0.4 is 10.2 Å². The summed E-state index contributed by atoms with van der Waals surface area (Å²) in [6.07, 6.45) is 94.7. The molecule has 87 heavy (non-hydrogen) atoms. The zero-order valence-corrected chi connectivity index (χ0v) is 59.6. The van der Waals surface area contributed by atoms with E-state index in [4.69, 9.17) is 9.05 Å². The van der Waals surface area contributed by atoms with Crippen LogP contribution >= 0.6 is 7.82 Å². The second kappa shape index (κ2) is 68.6. The fourth-order valence-electron chi connectivity index (χ4n) is 11.7. The Morgan fingerprint density at radius 2 is 0.701 bits per heavy atom. The van der Waals surface area contributed by atoms with E-state index in [1.54, 1.807) is 0 Å². The van der Waals surface area contributed by atoms with Gasteiger partial charge in [-0.25, -0.2) is 0 Å². The summed E-state index contributed by atoms with van der Waals surface area (Å²) in [7, 11) is 1.32. The van der Waals surface area contributed by atoms with E-state index in [2.05, 4.69) is 79.9 Å². The smallest absolute Gasteiger partial charge is 0.268 e. The number of aliphatic hydroxyl groups excluding tert-OH is 1. The second-order valence-corrected chi connectivity index (χ2v) is 28.7. The quantitative estimate of drug-likeness (QED) is 0.0272. The molecule has 1 amide bonds. The van der Waals surface area contributed by atoms with Gasteiger partial charge in [0.2, 0.25) is 5.91 Å². The van der Waals surface area contributed by atoms with Gasteiger partial charge in [0.1, 0.15) is 13.2 Å². The topological polar surface area (TPSA) is 108 Å². The maximum atomic E-state index is 13.1. The van der Waals surface area contributed by atoms with E-state index >= 15 is 0 Å². The minimum Gasteiger partial charge on any atom is -0.756 e. The van der Waals surface area contributed by atoms with Gasteiger partial charge in [-0.15, -0.1) is 0 Å². The number of carbonyl (C=O) groups excluding carboxylic acids is 1. The van der Waals surface area contributed by atoms with Crippen LogP contribution in [0.1, 0.15) is 380 Å². The van der Waals surface area contributed by atoms with Gasteiger partial charge in [-0.3, -0.25) is 9.36 Å². The Balaban J connectivity index is 3.96. The highest BCUT2D eigenvalue weighted by molar-refractivity contribution is 7.45. The summed E-state index contributed by atoms with van der Waals surface area (Å²) in [6.45, 7) is 4.67. The Hall–Kier alpha value is -1.80. The molecule has 0 bridgehead atoms. The molecular weight excluding hydrogens is 1090 g/mol. The molecule has 0 aromatic rings. The van der Waals surface area contributed by atoms with Crippen molar-refractivity contribution in [1.82, 2.24) is 5.32 Å². The van der Waals surface area contributed by atoms with E-state index < -0.39 is 20.0 Å². The van der Waals surface area contributed by atoms with Gasteiger partial charge in [0.05, 0.1) is 39.9 Å². The predicted octanol–water partition coefficient (Wildman–Crippen LogP) is 24.1. The van der Waals surface area contributed by atoms with Crippen LogP contribution in [0.25, 0.3) is 0 Å². The zero-order chi connectivity index (χ0) is 63.4. The third-order valence-corrected chi connectivity index (χ3v) is 18.5. The lowest BCUT2D eigenvalue weighted by atomic mass is 10.0. The van der Waals surface area contributed by atoms with Crippen LogP contribution in [0.5, 0.6) is 0 Å². The van der Waals surface area contributed by atoms with Crippen molar-refractivity contribution in [2.45, 2.75) is 392 Å². The fourth-order valence-corrected chi connectivity index (χ4v) is 12.4. The van der Waals surface area contributed by atoms with Crippen molar-refractivity contribution in [3.8, 4) is 0 Å². The number of unbranched alkanes of at least 4 members (excludes halogenated alkanes) is 48. The van der Waals surface area contributed by atoms with E-state index in [0.29, 0.717) is 23.9 Å². The molecule has 0 fully saturated rings. The van der Waals surface area contributed by atoms with Gasteiger partial charge in [-0.2, -0.15) is 0 Å². The molecular formula is C78H149N2O6P. The first-order valence-corrected chi connectivity index (χ1v) is 39.6. The molecule has 0 saturated heterocycles. The van der Waals surface area contributed by atoms with E-state index in [1.165, 1.54) is 283 Å². The first-order chi connectivity index (χ1) is 42.5. The number of aliphatic hydroxyl groups is 1. The maximum Gasteiger partial charge on any atom is 0.268 e. The van der Waals surface area contributed by atoms with Gasteiger partial charge >= 0.3 is 0 Å². The lowest BCUT2D eigenvalue weighted by Gasteiger charge is -2.30. The number of carbonyl (C=O) groups is 1. The van der Waals surface area contributed by atoms with Crippen molar-refractivity contribution in [1.29, 1.82) is 0 Å². The highest BCUT2D eigenvalue weighted by atomic mass is 31.2. The van der Waals surface area contributed by atoms with Crippen LogP contribution in [0.15, 0.2) is 60.8 Å². The van der Waals surface area contributed by atoms with Crippen molar-refractivity contribution in [2.75, 3.05) is 40.9 Å². The summed E-state index contributed by atoms with van der Waals surface area (Å²) in [6, 6.07) is -0.803. The van der Waals surface area contributed by atoms with Crippen molar-refractivity contribution in [3.05, 3.63) is 60.8 Å². The molecule has 0 heterocycles. The van der Waals surface area contributed by atoms with Crippen LogP contribution in [0.4, 0.5) is 0 Å². The summed E-state index contributed by atoms with van der Waals surface area (Å²) in [4.78, 5) is 25.7. The van der Waals surface area contributed by atoms with Gasteiger partial charge in [0.15, 0.2) is 0 Å². The van der Waals surface area contributed by atoms with Crippen molar-refractivity contribution in [3.63, 3.8) is 0 Å². The second-order valence-electron chi connectivity index (χ2n) is 27.3. The number of hydrogen-bond donors (Lipinski definition) is 2. The van der Waals surface area contributed by atoms with E-state index in [1.807, 2.05) is 21.1 Å². The van der Waals surface area contributed by atoms with Crippen molar-refractivity contribution in [2.24, 2.45) is 0 Å². The Labute approximate surface area is 542 Å². The molecule has 9 heteroatoms. The third kappa shape index (κ3) is 71.5. The van der Waals surface area contributed by atoms with Gasteiger partial charge in [-0.05, 0) is 57.8 Å². The molecule has 512 valence electrons. The average Bonchev–Trinajstić information content (AvgIpc) is 3.70. The van der Waals surface area contributed by atoms with E-state index in [-0.39, 0.29) is 19.1 Å². The van der Waals surface area contributed by atoms with Crippen molar-refractivity contribution >= 4 is 13.7 Å². The molecule has 0 spiro atoms. The average molecular weight is 1240 g/mol. The molecule has 0 radical (unpaired) electrons. The molecule has 0 aromatic carbocycles. The van der Waals surface area contributed by atoms with Crippen molar-refractivity contribution < 1.29 is 32.9 Å². The maximum absolute atomic E-state index is 13.1. The lowest BCUT2D eigenvalue weighted by Crippen LogP contribution is -2.46. The predicted molar refractivity (Wildman–Crippen MR) is 381 cm³/mol. The van der Waals surface area contributed by atoms with Crippen LogP contribution in [-0.4, -0.2) is 68.5 Å². The monoisotopic (exact) mass is 1240 g/mol. The van der Waals surface area contributed by atoms with Gasteiger partial charge in [0.25, 0.3) is 7.82 Å². The molecule has 0 aliphatic carbocycles. The Morgan fingerprint density at radius 3 is 1.02 bits per heavy atom. The van der Waals surface area contributed by atoms with Gasteiger partial charge < -0.3 is 28.8 Å². The van der Waals surface area contributed by atoms with Crippen LogP contribution in [0.3, 0.4) is 0 Å². The number of quaternary nitrogens is 1. The number of allylic oxidation sites excluding steroid dienone is 10. The molecule has 8 nitrogen and oxygen atoms in total. The number of amides is 1. The van der Waals surface area contributed by atoms with Crippen LogP contribution in [-0.2, 0) is 18.4 Å². The highest BCUT2D eigenvalue weighted by Crippen LogP contribution is 2.38. The minimum absolute atomic E-state index is 0.0132. The number of phosphoric ester groups is 1. The molecule has 2 N–H and O–H groups in total. The molecule has 0 aliphatic heterocycles. The third-order valence-electron chi connectivity index (χ3n) is 17.5. The molecule has 0 aromatic heterocycles. The number of likely N-dealkylation sites (N-methyl/N-ethyl adjacent to an activating group) is 1. The summed E-state index contributed by atoms with van der Waals surface area (Å²) >= 11 is 0. The Morgan fingerprint density at radius 1 is 0.414 bits per heavy atom. The summed E-state index contributed by atoms with van der Waals surface area (Å²) in [5.74, 6) is -0.158. The summed E-state index contributed by atoms with van der Waals surface area (Å²) in [5.41, 5.74) is 0. The van der Waals surface area contributed by atoms with Gasteiger partial charge in [-0.1, -0.05) is 376 Å². The Kier molecular flexibility index (Phi) is 67.1. The Bertz CT molecular complexity index is 1600. The first-order valence-electron chi connectivity index (χ1n) is 38.1. The summed E-state index contributed by atoms with van der Waals surface area (Å²) < 4.78 is 23.6. The molecule has 0 rings (SSSR count). The zero-order valence-electron chi connectivity index (χ0n) is 58.7. The number of rotatable bonds is 71. The highest BCUT2D eigenvalue weighted by Gasteiger charge is 2.24. The largest absolute Gasteiger partial charge is 0.756 e. The van der Waals surface area contributed by atoms with Crippen LogP contribution in [0, 0.1) is 0 Å². The number of phosphoric acid groups is 1.